The molecule has 5 heteroatoms. The number of hydrogen-bond donors (Lipinski definition) is 1. The molecule has 0 unspecified atom stereocenters. The molecule has 1 heterocycles. The molecule has 0 radical (unpaired) electrons. The number of ether oxygens (including phenoxy) is 1. The van der Waals surface area contributed by atoms with Crippen molar-refractivity contribution in [2.45, 2.75) is 32.9 Å². The summed E-state index contributed by atoms with van der Waals surface area (Å²) in [6, 6.07) is 2.87. The van der Waals surface area contributed by atoms with Crippen LogP contribution in [0.15, 0.2) is 23.1 Å². The van der Waals surface area contributed by atoms with E-state index in [-0.39, 0.29) is 11.7 Å². The molecule has 0 saturated heterocycles. The van der Waals surface area contributed by atoms with E-state index in [2.05, 4.69) is 0 Å². The van der Waals surface area contributed by atoms with Gasteiger partial charge < -0.3 is 14.4 Å². The van der Waals surface area contributed by atoms with Crippen molar-refractivity contribution in [1.82, 2.24) is 4.57 Å². The topological polar surface area (TPSA) is 68.5 Å². The predicted molar refractivity (Wildman–Crippen MR) is 63.4 cm³/mol. The Morgan fingerprint density at radius 2 is 2.24 bits per heavy atom. The first-order chi connectivity index (χ1) is 8.02. The van der Waals surface area contributed by atoms with E-state index >= 15 is 0 Å². The summed E-state index contributed by atoms with van der Waals surface area (Å²) in [4.78, 5) is 22.4. The molecule has 0 atom stereocenters. The number of aromatic carboxylic acids is 1. The average Bonchev–Trinajstić information content (AvgIpc) is 2.25. The van der Waals surface area contributed by atoms with Crippen molar-refractivity contribution >= 4 is 5.97 Å². The number of nitrogens with zero attached hydrogens (tertiary/aromatic N) is 1. The lowest BCUT2D eigenvalue weighted by Crippen LogP contribution is -2.26. The molecule has 0 aliphatic rings. The number of rotatable bonds is 6. The van der Waals surface area contributed by atoms with E-state index < -0.39 is 11.5 Å². The van der Waals surface area contributed by atoms with Crippen LogP contribution < -0.4 is 5.56 Å². The summed E-state index contributed by atoms with van der Waals surface area (Å²) in [6.45, 7) is 4.91. The number of hydrogen-bond acceptors (Lipinski definition) is 3. The van der Waals surface area contributed by atoms with Crippen LogP contribution >= 0.6 is 0 Å². The monoisotopic (exact) mass is 239 g/mol. The van der Waals surface area contributed by atoms with Gasteiger partial charge in [-0.05, 0) is 32.4 Å². The van der Waals surface area contributed by atoms with Gasteiger partial charge in [0.2, 0.25) is 0 Å². The van der Waals surface area contributed by atoms with Crippen molar-refractivity contribution in [2.75, 3.05) is 6.61 Å². The summed E-state index contributed by atoms with van der Waals surface area (Å²) in [5.74, 6) is -1.19. The van der Waals surface area contributed by atoms with E-state index in [1.54, 1.807) is 12.3 Å². The molecule has 5 nitrogen and oxygen atoms in total. The normalized spacial score (nSPS) is 10.8. The fraction of sp³-hybridized carbons (Fsp3) is 0.500. The van der Waals surface area contributed by atoms with E-state index in [1.165, 1.54) is 10.6 Å². The first-order valence-electron chi connectivity index (χ1n) is 5.56. The zero-order chi connectivity index (χ0) is 12.8. The zero-order valence-electron chi connectivity index (χ0n) is 10.0. The van der Waals surface area contributed by atoms with Crippen molar-refractivity contribution in [1.29, 1.82) is 0 Å². The molecule has 0 spiro atoms. The van der Waals surface area contributed by atoms with Gasteiger partial charge in [-0.3, -0.25) is 4.79 Å². The predicted octanol–water partition coefficient (Wildman–Crippen LogP) is 1.36. The van der Waals surface area contributed by atoms with Crippen LogP contribution in [0.3, 0.4) is 0 Å². The van der Waals surface area contributed by atoms with Gasteiger partial charge in [-0.2, -0.15) is 0 Å². The minimum absolute atomic E-state index is 0.164. The molecular formula is C12H17NO4. The van der Waals surface area contributed by atoms with Gasteiger partial charge in [0.1, 0.15) is 5.56 Å². The van der Waals surface area contributed by atoms with Crippen LogP contribution in [0.1, 0.15) is 30.6 Å². The van der Waals surface area contributed by atoms with Gasteiger partial charge in [-0.1, -0.05) is 0 Å². The van der Waals surface area contributed by atoms with Crippen LogP contribution in [0.2, 0.25) is 0 Å². The Balaban J connectivity index is 2.63. The van der Waals surface area contributed by atoms with Gasteiger partial charge in [0.05, 0.1) is 6.10 Å². The smallest absolute Gasteiger partial charge is 0.341 e. The second kappa shape index (κ2) is 6.20. The quantitative estimate of drug-likeness (QED) is 0.761. The molecule has 0 amide bonds. The third-order valence-corrected chi connectivity index (χ3v) is 2.25. The molecule has 0 saturated carbocycles. The molecule has 1 rings (SSSR count). The summed E-state index contributed by atoms with van der Waals surface area (Å²) >= 11 is 0. The zero-order valence-corrected chi connectivity index (χ0v) is 10.0. The highest BCUT2D eigenvalue weighted by molar-refractivity contribution is 5.86. The summed E-state index contributed by atoms with van der Waals surface area (Å²) in [5.41, 5.74) is -0.665. The van der Waals surface area contributed by atoms with Crippen molar-refractivity contribution in [3.63, 3.8) is 0 Å². The lowest BCUT2D eigenvalue weighted by atomic mass is 10.3. The Morgan fingerprint density at radius 1 is 1.53 bits per heavy atom. The van der Waals surface area contributed by atoms with Gasteiger partial charge in [-0.15, -0.1) is 0 Å². The number of pyridine rings is 1. The Labute approximate surface area is 99.6 Å². The Morgan fingerprint density at radius 3 is 2.82 bits per heavy atom. The number of carboxylic acid groups (broad SMARTS) is 1. The molecule has 0 aliphatic heterocycles. The van der Waals surface area contributed by atoms with E-state index in [1.807, 2.05) is 13.8 Å². The first kappa shape index (κ1) is 13.4. The maximum atomic E-state index is 11.7. The molecule has 17 heavy (non-hydrogen) atoms. The van der Waals surface area contributed by atoms with Gasteiger partial charge >= 0.3 is 5.97 Å². The van der Waals surface area contributed by atoms with Crippen molar-refractivity contribution in [2.24, 2.45) is 0 Å². The van der Waals surface area contributed by atoms with Crippen LogP contribution in [0, 0.1) is 0 Å². The Kier molecular flexibility index (Phi) is 4.90. The molecule has 94 valence electrons. The Hall–Kier alpha value is -1.62. The molecule has 0 bridgehead atoms. The fourth-order valence-electron chi connectivity index (χ4n) is 1.43. The molecule has 1 aromatic rings. The van der Waals surface area contributed by atoms with Gasteiger partial charge in [0.15, 0.2) is 0 Å². The molecule has 1 N–H and O–H groups in total. The summed E-state index contributed by atoms with van der Waals surface area (Å²) in [6.07, 6.45) is 2.43. The minimum atomic E-state index is -1.19. The molecule has 0 aliphatic carbocycles. The Bertz CT molecular complexity index is 436. The summed E-state index contributed by atoms with van der Waals surface area (Å²) < 4.78 is 6.75. The molecular weight excluding hydrogens is 222 g/mol. The number of aryl methyl sites for hydroxylation is 1. The van der Waals surface area contributed by atoms with E-state index in [0.29, 0.717) is 19.6 Å². The van der Waals surface area contributed by atoms with Crippen molar-refractivity contribution in [3.05, 3.63) is 34.2 Å². The van der Waals surface area contributed by atoms with Gasteiger partial charge in [0.25, 0.3) is 5.56 Å². The third kappa shape index (κ3) is 4.03. The minimum Gasteiger partial charge on any atom is -0.477 e. The number of aromatic nitrogens is 1. The third-order valence-electron chi connectivity index (χ3n) is 2.25. The molecule has 1 aromatic heterocycles. The maximum absolute atomic E-state index is 11.7. The standard InChI is InChI=1S/C12H17NO4/c1-9(2)17-8-4-7-13-6-3-5-10(11(13)14)12(15)16/h3,5-6,9H,4,7-8H2,1-2H3,(H,15,16). The molecule has 0 fully saturated rings. The summed E-state index contributed by atoms with van der Waals surface area (Å²) in [5, 5.41) is 8.80. The second-order valence-electron chi connectivity index (χ2n) is 4.00. The van der Waals surface area contributed by atoms with E-state index in [9.17, 15) is 9.59 Å². The largest absolute Gasteiger partial charge is 0.477 e. The first-order valence-corrected chi connectivity index (χ1v) is 5.56. The molecule has 0 aromatic carbocycles. The fourth-order valence-corrected chi connectivity index (χ4v) is 1.43. The van der Waals surface area contributed by atoms with Crippen LogP contribution in [-0.2, 0) is 11.3 Å². The van der Waals surface area contributed by atoms with Crippen molar-refractivity contribution in [3.8, 4) is 0 Å². The van der Waals surface area contributed by atoms with Crippen LogP contribution in [-0.4, -0.2) is 28.4 Å². The van der Waals surface area contributed by atoms with Crippen LogP contribution in [0.5, 0.6) is 0 Å². The number of carbonyl (C=O) groups is 1. The van der Waals surface area contributed by atoms with Crippen LogP contribution in [0.25, 0.3) is 0 Å². The lowest BCUT2D eigenvalue weighted by Gasteiger charge is -2.09. The van der Waals surface area contributed by atoms with Crippen LogP contribution in [0.4, 0.5) is 0 Å². The highest BCUT2D eigenvalue weighted by Crippen LogP contribution is 1.96. The highest BCUT2D eigenvalue weighted by Gasteiger charge is 2.09. The van der Waals surface area contributed by atoms with Gasteiger partial charge in [-0.25, -0.2) is 4.79 Å². The lowest BCUT2D eigenvalue weighted by molar-refractivity contribution is 0.0693. The van der Waals surface area contributed by atoms with Crippen molar-refractivity contribution < 1.29 is 14.6 Å². The highest BCUT2D eigenvalue weighted by atomic mass is 16.5. The second-order valence-corrected chi connectivity index (χ2v) is 4.00. The van der Waals surface area contributed by atoms with Gasteiger partial charge in [0, 0.05) is 19.3 Å². The van der Waals surface area contributed by atoms with E-state index in [0.717, 1.165) is 0 Å². The maximum Gasteiger partial charge on any atom is 0.341 e. The summed E-state index contributed by atoms with van der Waals surface area (Å²) in [7, 11) is 0. The van der Waals surface area contributed by atoms with E-state index in [4.69, 9.17) is 9.84 Å². The average molecular weight is 239 g/mol. The number of carboxylic acids is 1. The SMILES string of the molecule is CC(C)OCCCn1cccc(C(=O)O)c1=O.